The summed E-state index contributed by atoms with van der Waals surface area (Å²) in [6, 6.07) is 12.1. The van der Waals surface area contributed by atoms with Crippen molar-refractivity contribution in [1.82, 2.24) is 0 Å². The molecule has 0 spiro atoms. The fourth-order valence-corrected chi connectivity index (χ4v) is 1.63. The van der Waals surface area contributed by atoms with Crippen molar-refractivity contribution in [3.8, 4) is 6.07 Å². The largest absolute Gasteiger partial charge is 0.396 e. The average molecular weight is 219 g/mol. The number of hydrogen-bond donors (Lipinski definition) is 1. The summed E-state index contributed by atoms with van der Waals surface area (Å²) in [6.45, 7) is 6.03. The van der Waals surface area contributed by atoms with Crippen LogP contribution in [0.3, 0.4) is 0 Å². The van der Waals surface area contributed by atoms with E-state index in [1.807, 2.05) is 51.1 Å². The molecule has 0 aliphatic heterocycles. The minimum absolute atomic E-state index is 0.0513. The van der Waals surface area contributed by atoms with Gasteiger partial charge in [0.2, 0.25) is 0 Å². The summed E-state index contributed by atoms with van der Waals surface area (Å²) >= 11 is 0. The van der Waals surface area contributed by atoms with Crippen LogP contribution in [0, 0.1) is 17.2 Å². The van der Waals surface area contributed by atoms with Gasteiger partial charge >= 0.3 is 0 Å². The van der Waals surface area contributed by atoms with E-state index in [2.05, 4.69) is 6.07 Å². The van der Waals surface area contributed by atoms with E-state index < -0.39 is 0 Å². The van der Waals surface area contributed by atoms with Crippen LogP contribution in [0.25, 0.3) is 0 Å². The summed E-state index contributed by atoms with van der Waals surface area (Å²) in [6.07, 6.45) is 0.652. The van der Waals surface area contributed by atoms with E-state index in [1.54, 1.807) is 0 Å². The highest BCUT2D eigenvalue weighted by molar-refractivity contribution is 5.21. The van der Waals surface area contributed by atoms with Crippen molar-refractivity contribution in [3.63, 3.8) is 0 Å². The Morgan fingerprint density at radius 1 is 1.25 bits per heavy atom. The molecule has 0 fully saturated rings. The van der Waals surface area contributed by atoms with Gasteiger partial charge in [-0.25, -0.2) is 0 Å². The van der Waals surface area contributed by atoms with Crippen molar-refractivity contribution in [2.75, 3.05) is 6.61 Å². The van der Waals surface area contributed by atoms with Gasteiger partial charge in [0, 0.05) is 12.5 Å². The van der Waals surface area contributed by atoms with Gasteiger partial charge in [0.25, 0.3) is 0 Å². The Morgan fingerprint density at radius 3 is 2.25 bits per heavy atom. The minimum Gasteiger partial charge on any atom is -0.396 e. The lowest BCUT2D eigenvalue weighted by molar-refractivity contribution is 0.266. The molecule has 0 aliphatic rings. The third kappa shape index (κ3) is 4.46. The van der Waals surface area contributed by atoms with Crippen LogP contribution >= 0.6 is 0 Å². The molecule has 0 saturated heterocycles. The van der Waals surface area contributed by atoms with Crippen LogP contribution in [0.5, 0.6) is 0 Å². The Balaban J connectivity index is 0.00000106. The van der Waals surface area contributed by atoms with Gasteiger partial charge < -0.3 is 5.11 Å². The zero-order valence-corrected chi connectivity index (χ0v) is 10.4. The summed E-state index contributed by atoms with van der Waals surface area (Å²) < 4.78 is 0. The minimum atomic E-state index is -0.0513. The third-order valence-electron chi connectivity index (χ3n) is 2.48. The summed E-state index contributed by atoms with van der Waals surface area (Å²) in [5, 5.41) is 17.8. The van der Waals surface area contributed by atoms with Crippen molar-refractivity contribution in [2.24, 2.45) is 5.92 Å². The van der Waals surface area contributed by atoms with Crippen LogP contribution in [-0.2, 0) is 0 Å². The van der Waals surface area contributed by atoms with Crippen LogP contribution in [0.15, 0.2) is 30.3 Å². The van der Waals surface area contributed by atoms with E-state index in [1.165, 1.54) is 0 Å². The summed E-state index contributed by atoms with van der Waals surface area (Å²) in [5.41, 5.74) is 1.13. The van der Waals surface area contributed by atoms with Crippen LogP contribution in [0.1, 0.15) is 38.7 Å². The Morgan fingerprint density at radius 2 is 1.81 bits per heavy atom. The summed E-state index contributed by atoms with van der Waals surface area (Å²) in [5.74, 6) is 0.0933. The molecule has 0 heterocycles. The zero-order chi connectivity index (χ0) is 12.4. The predicted molar refractivity (Wildman–Crippen MR) is 67.0 cm³/mol. The van der Waals surface area contributed by atoms with Gasteiger partial charge in [0.15, 0.2) is 0 Å². The predicted octanol–water partition coefficient (Wildman–Crippen LogP) is 3.34. The van der Waals surface area contributed by atoms with Gasteiger partial charge in [0.05, 0.1) is 12.0 Å². The SMILES string of the molecule is CC.CC(C#N)C(CCO)c1ccccc1. The molecule has 16 heavy (non-hydrogen) atoms. The molecule has 0 aromatic heterocycles. The second kappa shape index (κ2) is 8.94. The zero-order valence-electron chi connectivity index (χ0n) is 10.4. The molecule has 2 heteroatoms. The second-order valence-electron chi connectivity index (χ2n) is 3.45. The monoisotopic (exact) mass is 219 g/mol. The van der Waals surface area contributed by atoms with E-state index in [9.17, 15) is 0 Å². The van der Waals surface area contributed by atoms with Crippen LogP contribution in [0.2, 0.25) is 0 Å². The smallest absolute Gasteiger partial charge is 0.0659 e. The van der Waals surface area contributed by atoms with Crippen molar-refractivity contribution in [2.45, 2.75) is 33.1 Å². The first-order chi connectivity index (χ1) is 7.79. The molecule has 2 unspecified atom stereocenters. The van der Waals surface area contributed by atoms with E-state index in [4.69, 9.17) is 10.4 Å². The number of benzene rings is 1. The number of hydrogen-bond acceptors (Lipinski definition) is 2. The normalized spacial score (nSPS) is 12.9. The van der Waals surface area contributed by atoms with Gasteiger partial charge in [-0.05, 0) is 18.9 Å². The summed E-state index contributed by atoms with van der Waals surface area (Å²) in [7, 11) is 0. The molecule has 88 valence electrons. The van der Waals surface area contributed by atoms with E-state index in [0.29, 0.717) is 6.42 Å². The lowest BCUT2D eigenvalue weighted by Crippen LogP contribution is -2.09. The van der Waals surface area contributed by atoms with Crippen LogP contribution < -0.4 is 0 Å². The Bertz CT molecular complexity index is 302. The molecule has 0 radical (unpaired) electrons. The Labute approximate surface area is 98.5 Å². The molecule has 2 atom stereocenters. The maximum atomic E-state index is 8.93. The van der Waals surface area contributed by atoms with Gasteiger partial charge in [0.1, 0.15) is 0 Å². The molecular weight excluding hydrogens is 198 g/mol. The van der Waals surface area contributed by atoms with Crippen LogP contribution in [0.4, 0.5) is 0 Å². The lowest BCUT2D eigenvalue weighted by Gasteiger charge is -2.18. The molecule has 2 nitrogen and oxygen atoms in total. The van der Waals surface area contributed by atoms with Crippen molar-refractivity contribution in [3.05, 3.63) is 35.9 Å². The van der Waals surface area contributed by atoms with E-state index in [0.717, 1.165) is 5.56 Å². The van der Waals surface area contributed by atoms with Gasteiger partial charge in [-0.2, -0.15) is 5.26 Å². The lowest BCUT2D eigenvalue weighted by atomic mass is 9.86. The topological polar surface area (TPSA) is 44.0 Å². The number of aliphatic hydroxyl groups excluding tert-OH is 1. The number of rotatable bonds is 4. The average Bonchev–Trinajstić information content (AvgIpc) is 2.38. The standard InChI is InChI=1S/C12H15NO.C2H6/c1-10(9-13)12(7-8-14)11-5-3-2-4-6-11;1-2/h2-6,10,12,14H,7-8H2,1H3;1-2H3. The molecule has 1 aromatic rings. The van der Waals surface area contributed by atoms with Crippen LogP contribution in [-0.4, -0.2) is 11.7 Å². The number of nitriles is 1. The molecule has 1 rings (SSSR count). The Kier molecular flexibility index (Phi) is 8.19. The quantitative estimate of drug-likeness (QED) is 0.844. The first-order valence-corrected chi connectivity index (χ1v) is 5.85. The summed E-state index contributed by atoms with van der Waals surface area (Å²) in [4.78, 5) is 0. The molecule has 1 N–H and O–H groups in total. The Hall–Kier alpha value is -1.33. The number of aliphatic hydroxyl groups is 1. The van der Waals surface area contributed by atoms with Gasteiger partial charge in [-0.1, -0.05) is 44.2 Å². The maximum absolute atomic E-state index is 8.93. The fourth-order valence-electron chi connectivity index (χ4n) is 1.63. The molecular formula is C14H21NO. The van der Waals surface area contributed by atoms with Gasteiger partial charge in [-0.3, -0.25) is 0 Å². The maximum Gasteiger partial charge on any atom is 0.0659 e. The molecule has 1 aromatic carbocycles. The first-order valence-electron chi connectivity index (χ1n) is 5.85. The van der Waals surface area contributed by atoms with E-state index in [-0.39, 0.29) is 18.4 Å². The highest BCUT2D eigenvalue weighted by atomic mass is 16.3. The van der Waals surface area contributed by atoms with Gasteiger partial charge in [-0.15, -0.1) is 0 Å². The highest BCUT2D eigenvalue weighted by Gasteiger charge is 2.17. The van der Waals surface area contributed by atoms with E-state index >= 15 is 0 Å². The fraction of sp³-hybridized carbons (Fsp3) is 0.500. The van der Waals surface area contributed by atoms with Crippen molar-refractivity contribution < 1.29 is 5.11 Å². The second-order valence-corrected chi connectivity index (χ2v) is 3.45. The molecule has 0 bridgehead atoms. The number of nitrogens with zero attached hydrogens (tertiary/aromatic N) is 1. The molecule has 0 saturated carbocycles. The molecule has 0 aliphatic carbocycles. The molecule has 0 amide bonds. The first kappa shape index (κ1) is 14.7. The third-order valence-corrected chi connectivity index (χ3v) is 2.48. The van der Waals surface area contributed by atoms with Crippen molar-refractivity contribution >= 4 is 0 Å². The van der Waals surface area contributed by atoms with Crippen molar-refractivity contribution in [1.29, 1.82) is 5.26 Å². The highest BCUT2D eigenvalue weighted by Crippen LogP contribution is 2.26.